The lowest BCUT2D eigenvalue weighted by atomic mass is 10.2. The molecule has 3 aromatic rings. The van der Waals surface area contributed by atoms with E-state index in [-0.39, 0.29) is 5.91 Å². The molecule has 6 heteroatoms. The van der Waals surface area contributed by atoms with Crippen molar-refractivity contribution in [3.05, 3.63) is 53.7 Å². The van der Waals surface area contributed by atoms with Gasteiger partial charge in [0.25, 0.3) is 5.91 Å². The third-order valence-corrected chi connectivity index (χ3v) is 3.48. The number of aryl methyl sites for hydroxylation is 2. The first kappa shape index (κ1) is 14.2. The fraction of sp³-hybridized carbons (Fsp3) is 0.250. The van der Waals surface area contributed by atoms with E-state index >= 15 is 0 Å². The fourth-order valence-electron chi connectivity index (χ4n) is 2.31. The van der Waals surface area contributed by atoms with Crippen molar-refractivity contribution in [2.24, 2.45) is 7.05 Å². The zero-order chi connectivity index (χ0) is 15.5. The second-order valence-corrected chi connectivity index (χ2v) is 5.19. The summed E-state index contributed by atoms with van der Waals surface area (Å²) in [5.41, 5.74) is 2.16. The average Bonchev–Trinajstić information content (AvgIpc) is 3.19. The molecule has 0 saturated heterocycles. The van der Waals surface area contributed by atoms with E-state index in [1.54, 1.807) is 6.07 Å². The van der Waals surface area contributed by atoms with Gasteiger partial charge in [0.15, 0.2) is 0 Å². The van der Waals surface area contributed by atoms with Crippen LogP contribution < -0.4 is 5.32 Å². The number of nitrogens with one attached hydrogen (secondary N) is 2. The molecule has 0 saturated carbocycles. The van der Waals surface area contributed by atoms with Crippen LogP contribution in [0.1, 0.15) is 22.0 Å². The standard InChI is InChI=1S/C16H18N4O2/c1-11-5-6-12(22-11)7-8-17-16(21)14-10-13(18-19-14)15-4-3-9-20(15)2/h3-6,9-10H,7-8H2,1-2H3,(H,17,21)(H,18,19). The van der Waals surface area contributed by atoms with Gasteiger partial charge in [0.1, 0.15) is 22.9 Å². The van der Waals surface area contributed by atoms with Crippen molar-refractivity contribution in [2.75, 3.05) is 6.54 Å². The maximum absolute atomic E-state index is 12.1. The highest BCUT2D eigenvalue weighted by molar-refractivity contribution is 5.93. The number of nitrogens with zero attached hydrogens (tertiary/aromatic N) is 2. The molecule has 0 aliphatic heterocycles. The summed E-state index contributed by atoms with van der Waals surface area (Å²) in [7, 11) is 1.94. The summed E-state index contributed by atoms with van der Waals surface area (Å²) in [5.74, 6) is 1.57. The predicted molar refractivity (Wildman–Crippen MR) is 82.5 cm³/mol. The minimum absolute atomic E-state index is 0.170. The van der Waals surface area contributed by atoms with Crippen LogP contribution in [-0.4, -0.2) is 27.2 Å². The number of aromatic amines is 1. The van der Waals surface area contributed by atoms with Gasteiger partial charge >= 0.3 is 0 Å². The minimum atomic E-state index is -0.170. The highest BCUT2D eigenvalue weighted by Gasteiger charge is 2.12. The summed E-state index contributed by atoms with van der Waals surface area (Å²) in [6.07, 6.45) is 2.60. The van der Waals surface area contributed by atoms with Gasteiger partial charge in [-0.2, -0.15) is 5.10 Å². The number of H-pyrrole nitrogens is 1. The maximum Gasteiger partial charge on any atom is 0.269 e. The summed E-state index contributed by atoms with van der Waals surface area (Å²) in [5, 5.41) is 9.81. The second-order valence-electron chi connectivity index (χ2n) is 5.19. The Morgan fingerprint density at radius 1 is 1.41 bits per heavy atom. The van der Waals surface area contributed by atoms with E-state index in [1.165, 1.54) is 0 Å². The summed E-state index contributed by atoms with van der Waals surface area (Å²) in [6, 6.07) is 9.48. The summed E-state index contributed by atoms with van der Waals surface area (Å²) >= 11 is 0. The number of rotatable bonds is 5. The first-order chi connectivity index (χ1) is 10.6. The van der Waals surface area contributed by atoms with Crippen LogP contribution >= 0.6 is 0 Å². The molecule has 6 nitrogen and oxygen atoms in total. The quantitative estimate of drug-likeness (QED) is 0.759. The lowest BCUT2D eigenvalue weighted by molar-refractivity contribution is 0.0948. The molecule has 0 radical (unpaired) electrons. The molecule has 114 valence electrons. The van der Waals surface area contributed by atoms with Gasteiger partial charge in [-0.05, 0) is 37.3 Å². The Balaban J connectivity index is 1.59. The van der Waals surface area contributed by atoms with Gasteiger partial charge < -0.3 is 14.3 Å². The van der Waals surface area contributed by atoms with Crippen LogP contribution in [-0.2, 0) is 13.5 Å². The van der Waals surface area contributed by atoms with Gasteiger partial charge in [0.05, 0.1) is 5.69 Å². The zero-order valence-corrected chi connectivity index (χ0v) is 12.6. The monoisotopic (exact) mass is 298 g/mol. The third kappa shape index (κ3) is 2.95. The van der Waals surface area contributed by atoms with Crippen LogP contribution in [0.25, 0.3) is 11.4 Å². The molecule has 0 spiro atoms. The summed E-state index contributed by atoms with van der Waals surface area (Å²) in [6.45, 7) is 2.42. The Hall–Kier alpha value is -2.76. The molecule has 0 unspecified atom stereocenters. The Morgan fingerprint density at radius 2 is 2.27 bits per heavy atom. The van der Waals surface area contributed by atoms with Gasteiger partial charge in [0, 0.05) is 26.2 Å². The number of amides is 1. The van der Waals surface area contributed by atoms with Gasteiger partial charge in [0.2, 0.25) is 0 Å². The van der Waals surface area contributed by atoms with Crippen LogP contribution in [0.4, 0.5) is 0 Å². The second kappa shape index (κ2) is 5.93. The number of hydrogen-bond donors (Lipinski definition) is 2. The molecular weight excluding hydrogens is 280 g/mol. The topological polar surface area (TPSA) is 75.8 Å². The van der Waals surface area contributed by atoms with Gasteiger partial charge in [-0.1, -0.05) is 0 Å². The average molecular weight is 298 g/mol. The predicted octanol–water partition coefficient (Wildman–Crippen LogP) is 2.29. The van der Waals surface area contributed by atoms with Crippen molar-refractivity contribution in [3.8, 4) is 11.4 Å². The molecule has 3 rings (SSSR count). The zero-order valence-electron chi connectivity index (χ0n) is 12.6. The smallest absolute Gasteiger partial charge is 0.269 e. The molecule has 22 heavy (non-hydrogen) atoms. The summed E-state index contributed by atoms with van der Waals surface area (Å²) in [4.78, 5) is 12.1. The van der Waals surface area contributed by atoms with Crippen LogP contribution in [0.2, 0.25) is 0 Å². The number of aromatic nitrogens is 3. The Kier molecular flexibility index (Phi) is 3.82. The molecule has 3 aromatic heterocycles. The number of carbonyl (C=O) groups is 1. The summed E-state index contributed by atoms with van der Waals surface area (Å²) < 4.78 is 7.42. The van der Waals surface area contributed by atoms with Crippen LogP contribution in [0.15, 0.2) is 40.9 Å². The van der Waals surface area contributed by atoms with E-state index in [2.05, 4.69) is 15.5 Å². The van der Waals surface area contributed by atoms with Crippen molar-refractivity contribution in [1.82, 2.24) is 20.1 Å². The molecule has 0 aliphatic carbocycles. The van der Waals surface area contributed by atoms with Crippen LogP contribution in [0.3, 0.4) is 0 Å². The van der Waals surface area contributed by atoms with Crippen molar-refractivity contribution >= 4 is 5.91 Å². The van der Waals surface area contributed by atoms with E-state index in [0.29, 0.717) is 18.7 Å². The fourth-order valence-corrected chi connectivity index (χ4v) is 2.31. The Bertz CT molecular complexity index is 782. The third-order valence-electron chi connectivity index (χ3n) is 3.48. The highest BCUT2D eigenvalue weighted by Crippen LogP contribution is 2.17. The van der Waals surface area contributed by atoms with Crippen molar-refractivity contribution < 1.29 is 9.21 Å². The maximum atomic E-state index is 12.1. The van der Waals surface area contributed by atoms with Gasteiger partial charge in [-0.15, -0.1) is 0 Å². The molecule has 0 aromatic carbocycles. The lowest BCUT2D eigenvalue weighted by Gasteiger charge is -2.01. The van der Waals surface area contributed by atoms with Crippen molar-refractivity contribution in [1.29, 1.82) is 0 Å². The van der Waals surface area contributed by atoms with Gasteiger partial charge in [-0.25, -0.2) is 0 Å². The van der Waals surface area contributed by atoms with E-state index in [9.17, 15) is 4.79 Å². The molecule has 0 bridgehead atoms. The van der Waals surface area contributed by atoms with E-state index in [4.69, 9.17) is 4.42 Å². The lowest BCUT2D eigenvalue weighted by Crippen LogP contribution is -2.25. The molecule has 0 aliphatic rings. The minimum Gasteiger partial charge on any atom is -0.466 e. The number of carbonyl (C=O) groups excluding carboxylic acids is 1. The first-order valence-electron chi connectivity index (χ1n) is 7.14. The molecule has 1 amide bonds. The van der Waals surface area contributed by atoms with Crippen molar-refractivity contribution in [3.63, 3.8) is 0 Å². The van der Waals surface area contributed by atoms with Crippen molar-refractivity contribution in [2.45, 2.75) is 13.3 Å². The van der Waals surface area contributed by atoms with Crippen LogP contribution in [0.5, 0.6) is 0 Å². The van der Waals surface area contributed by atoms with Gasteiger partial charge in [-0.3, -0.25) is 9.89 Å². The number of furan rings is 1. The normalized spacial score (nSPS) is 10.8. The van der Waals surface area contributed by atoms with Crippen LogP contribution in [0, 0.1) is 6.92 Å². The SMILES string of the molecule is Cc1ccc(CCNC(=O)c2cc(-c3cccn3C)n[nH]2)o1. The van der Waals surface area contributed by atoms with E-state index < -0.39 is 0 Å². The molecule has 0 fully saturated rings. The first-order valence-corrected chi connectivity index (χ1v) is 7.14. The Morgan fingerprint density at radius 3 is 2.95 bits per heavy atom. The largest absolute Gasteiger partial charge is 0.466 e. The van der Waals surface area contributed by atoms with E-state index in [1.807, 2.05) is 49.0 Å². The highest BCUT2D eigenvalue weighted by atomic mass is 16.3. The number of hydrogen-bond acceptors (Lipinski definition) is 3. The molecule has 2 N–H and O–H groups in total. The Labute approximate surface area is 128 Å². The molecular formula is C16H18N4O2. The van der Waals surface area contributed by atoms with E-state index in [0.717, 1.165) is 22.9 Å². The molecule has 0 atom stereocenters. The molecule has 3 heterocycles.